The first-order chi connectivity index (χ1) is 15.9. The highest BCUT2D eigenvalue weighted by atomic mass is 16.6. The lowest BCUT2D eigenvalue weighted by Crippen LogP contribution is -2.40. The molecule has 0 aliphatic rings. The van der Waals surface area contributed by atoms with Crippen molar-refractivity contribution in [2.45, 2.75) is 39.2 Å². The van der Waals surface area contributed by atoms with Crippen molar-refractivity contribution in [1.82, 2.24) is 9.97 Å². The van der Waals surface area contributed by atoms with Crippen LogP contribution in [0.2, 0.25) is 0 Å². The van der Waals surface area contributed by atoms with Gasteiger partial charge in [0.25, 0.3) is 0 Å². The maximum atomic E-state index is 12.0. The van der Waals surface area contributed by atoms with Gasteiger partial charge >= 0.3 is 5.97 Å². The number of aryl methyl sites for hydroxylation is 1. The minimum atomic E-state index is -1.07. The Kier molecular flexibility index (Phi) is 8.06. The van der Waals surface area contributed by atoms with Gasteiger partial charge in [0.2, 0.25) is 11.8 Å². The maximum absolute atomic E-state index is 12.0. The van der Waals surface area contributed by atoms with Crippen LogP contribution in [-0.4, -0.2) is 49.0 Å². The Labute approximate surface area is 193 Å². The molecule has 3 aromatic rings. The molecular formula is C25H30N2O6. The molecule has 0 saturated carbocycles. The molecule has 0 radical (unpaired) electrons. The fourth-order valence-corrected chi connectivity index (χ4v) is 3.33. The minimum absolute atomic E-state index is 0.343. The summed E-state index contributed by atoms with van der Waals surface area (Å²) >= 11 is 0. The van der Waals surface area contributed by atoms with Crippen LogP contribution >= 0.6 is 0 Å². The molecule has 8 nitrogen and oxygen atoms in total. The molecule has 1 aromatic carbocycles. The number of hydrogen-bond donors (Lipinski definition) is 0. The van der Waals surface area contributed by atoms with Crippen molar-refractivity contribution in [2.75, 3.05) is 27.4 Å². The second kappa shape index (κ2) is 11.0. The van der Waals surface area contributed by atoms with Crippen LogP contribution in [0.4, 0.5) is 0 Å². The molecule has 33 heavy (non-hydrogen) atoms. The van der Waals surface area contributed by atoms with E-state index in [1.165, 1.54) is 14.2 Å². The quantitative estimate of drug-likeness (QED) is 0.398. The second-order valence-electron chi connectivity index (χ2n) is 7.69. The minimum Gasteiger partial charge on any atom is -0.494 e. The Bertz CT molecular complexity index is 1050. The van der Waals surface area contributed by atoms with Crippen LogP contribution in [0.25, 0.3) is 11.5 Å². The predicted molar refractivity (Wildman–Crippen MR) is 122 cm³/mol. The number of methoxy groups -OCH3 is 2. The van der Waals surface area contributed by atoms with E-state index in [4.69, 9.17) is 23.4 Å². The number of nitrogens with zero attached hydrogens (tertiary/aromatic N) is 2. The van der Waals surface area contributed by atoms with Crippen molar-refractivity contribution in [3.05, 3.63) is 59.6 Å². The van der Waals surface area contributed by atoms with E-state index in [1.54, 1.807) is 19.2 Å². The summed E-state index contributed by atoms with van der Waals surface area (Å²) in [6.07, 6.45) is 2.59. The number of esters is 1. The molecule has 0 aliphatic heterocycles. The van der Waals surface area contributed by atoms with E-state index in [-0.39, 0.29) is 0 Å². The van der Waals surface area contributed by atoms with Gasteiger partial charge in [-0.2, -0.15) is 0 Å². The monoisotopic (exact) mass is 454 g/mol. The Morgan fingerprint density at radius 3 is 2.45 bits per heavy atom. The third kappa shape index (κ3) is 6.10. The van der Waals surface area contributed by atoms with E-state index in [0.29, 0.717) is 37.8 Å². The first kappa shape index (κ1) is 24.3. The molecule has 8 heteroatoms. The van der Waals surface area contributed by atoms with Gasteiger partial charge in [-0.15, -0.1) is 0 Å². The van der Waals surface area contributed by atoms with Crippen molar-refractivity contribution in [1.29, 1.82) is 0 Å². The maximum Gasteiger partial charge on any atom is 0.338 e. The van der Waals surface area contributed by atoms with Gasteiger partial charge < -0.3 is 23.4 Å². The van der Waals surface area contributed by atoms with Crippen LogP contribution < -0.4 is 9.47 Å². The number of ether oxygens (including phenoxy) is 4. The first-order valence-corrected chi connectivity index (χ1v) is 10.8. The zero-order chi connectivity index (χ0) is 23.8. The van der Waals surface area contributed by atoms with Gasteiger partial charge in [-0.05, 0) is 50.6 Å². The van der Waals surface area contributed by atoms with Crippen LogP contribution in [0.5, 0.6) is 11.6 Å². The van der Waals surface area contributed by atoms with E-state index >= 15 is 0 Å². The van der Waals surface area contributed by atoms with E-state index in [9.17, 15) is 4.79 Å². The molecule has 0 spiro atoms. The van der Waals surface area contributed by atoms with E-state index in [1.807, 2.05) is 44.2 Å². The van der Waals surface area contributed by atoms with Gasteiger partial charge in [-0.3, -0.25) is 0 Å². The van der Waals surface area contributed by atoms with Crippen molar-refractivity contribution < 1.29 is 28.2 Å². The van der Waals surface area contributed by atoms with Gasteiger partial charge in [-0.1, -0.05) is 6.07 Å². The van der Waals surface area contributed by atoms with Crippen molar-refractivity contribution >= 4 is 5.97 Å². The van der Waals surface area contributed by atoms with Gasteiger partial charge in [0.05, 0.1) is 26.0 Å². The number of aromatic nitrogens is 2. The van der Waals surface area contributed by atoms with E-state index in [0.717, 1.165) is 28.3 Å². The molecule has 1 atom stereocenters. The molecule has 0 bridgehead atoms. The third-order valence-electron chi connectivity index (χ3n) is 5.30. The number of oxazole rings is 1. The lowest BCUT2D eigenvalue weighted by atomic mass is 9.97. The summed E-state index contributed by atoms with van der Waals surface area (Å²) < 4.78 is 27.2. The molecule has 0 fully saturated rings. The molecule has 0 amide bonds. The van der Waals surface area contributed by atoms with E-state index in [2.05, 4.69) is 9.97 Å². The normalized spacial score (nSPS) is 12.8. The lowest BCUT2D eigenvalue weighted by Gasteiger charge is -2.24. The Hall–Kier alpha value is -3.39. The first-order valence-electron chi connectivity index (χ1n) is 10.8. The number of carbonyl (C=O) groups excluding carboxylic acids is 1. The van der Waals surface area contributed by atoms with E-state index < -0.39 is 11.6 Å². The summed E-state index contributed by atoms with van der Waals surface area (Å²) in [6, 6.07) is 11.3. The number of pyridine rings is 1. The topological polar surface area (TPSA) is 92.9 Å². The highest BCUT2D eigenvalue weighted by Gasteiger charge is 2.34. The van der Waals surface area contributed by atoms with Crippen LogP contribution in [0, 0.1) is 6.92 Å². The largest absolute Gasteiger partial charge is 0.494 e. The number of hydrogen-bond acceptors (Lipinski definition) is 8. The summed E-state index contributed by atoms with van der Waals surface area (Å²) in [5, 5.41) is 0. The molecule has 2 heterocycles. The molecule has 176 valence electrons. The number of benzene rings is 1. The van der Waals surface area contributed by atoms with Crippen LogP contribution in [0.3, 0.4) is 0 Å². The number of carbonyl (C=O) groups is 1. The lowest BCUT2D eigenvalue weighted by molar-refractivity contribution is -0.163. The van der Waals surface area contributed by atoms with Crippen LogP contribution in [0.15, 0.2) is 47.0 Å². The second-order valence-corrected chi connectivity index (χ2v) is 7.69. The molecule has 0 unspecified atom stereocenters. The molecule has 0 aliphatic carbocycles. The predicted octanol–water partition coefficient (Wildman–Crippen LogP) is 4.19. The summed E-state index contributed by atoms with van der Waals surface area (Å²) in [6.45, 7) is 6.55. The standard InChI is InChI=1S/C25H30N2O6/c1-6-31-20-10-8-19(9-11-20)23-27-21(17(2)33-23)13-14-32-22-12-7-18(16-26-22)15-25(3,30-5)24(28)29-4/h7-12,16H,6,13-15H2,1-5H3/t25-/m0/s1. The smallest absolute Gasteiger partial charge is 0.338 e. The molecule has 2 aromatic heterocycles. The highest BCUT2D eigenvalue weighted by molar-refractivity contribution is 5.79. The Morgan fingerprint density at radius 2 is 1.85 bits per heavy atom. The SMILES string of the molecule is CCOc1ccc(-c2nc(CCOc3ccc(C[C@](C)(OC)C(=O)OC)cn3)c(C)o2)cc1. The Morgan fingerprint density at radius 1 is 1.09 bits per heavy atom. The average molecular weight is 455 g/mol. The Balaban J connectivity index is 1.56. The number of rotatable bonds is 11. The average Bonchev–Trinajstić information content (AvgIpc) is 3.20. The molecule has 0 saturated heterocycles. The fourth-order valence-electron chi connectivity index (χ4n) is 3.33. The van der Waals surface area contributed by atoms with Gasteiger partial charge in [0, 0.05) is 37.8 Å². The van der Waals surface area contributed by atoms with Crippen LogP contribution in [-0.2, 0) is 27.1 Å². The summed E-state index contributed by atoms with van der Waals surface area (Å²) in [5.41, 5.74) is 1.50. The third-order valence-corrected chi connectivity index (χ3v) is 5.30. The van der Waals surface area contributed by atoms with Crippen molar-refractivity contribution in [3.8, 4) is 23.1 Å². The van der Waals surface area contributed by atoms with Crippen LogP contribution in [0.1, 0.15) is 30.9 Å². The van der Waals surface area contributed by atoms with Gasteiger partial charge in [0.15, 0.2) is 5.60 Å². The molecular weight excluding hydrogens is 424 g/mol. The highest BCUT2D eigenvalue weighted by Crippen LogP contribution is 2.25. The summed E-state index contributed by atoms with van der Waals surface area (Å²) in [5.74, 6) is 2.20. The summed E-state index contributed by atoms with van der Waals surface area (Å²) in [7, 11) is 2.82. The zero-order valence-electron chi connectivity index (χ0n) is 19.7. The zero-order valence-corrected chi connectivity index (χ0v) is 19.7. The van der Waals surface area contributed by atoms with Crippen molar-refractivity contribution in [3.63, 3.8) is 0 Å². The molecule has 0 N–H and O–H groups in total. The van der Waals surface area contributed by atoms with Gasteiger partial charge in [-0.25, -0.2) is 14.8 Å². The fraction of sp³-hybridized carbons (Fsp3) is 0.400. The molecule has 3 rings (SSSR count). The van der Waals surface area contributed by atoms with Gasteiger partial charge in [0.1, 0.15) is 11.5 Å². The summed E-state index contributed by atoms with van der Waals surface area (Å²) in [4.78, 5) is 20.9. The van der Waals surface area contributed by atoms with Crippen molar-refractivity contribution in [2.24, 2.45) is 0 Å².